The van der Waals surface area contributed by atoms with Gasteiger partial charge in [0.2, 0.25) is 17.7 Å². The van der Waals surface area contributed by atoms with Gasteiger partial charge in [-0.1, -0.05) is 0 Å². The lowest BCUT2D eigenvalue weighted by Crippen LogP contribution is -2.55. The summed E-state index contributed by atoms with van der Waals surface area (Å²) >= 11 is 3.09. The molecule has 4 atom stereocenters. The highest BCUT2D eigenvalue weighted by molar-refractivity contribution is 7.98. The molecule has 0 aromatic carbocycles. The van der Waals surface area contributed by atoms with Crippen molar-refractivity contribution in [2.45, 2.75) is 56.8 Å². The third-order valence-corrected chi connectivity index (χ3v) is 6.05. The first-order valence-electron chi connectivity index (χ1n) is 9.60. The van der Waals surface area contributed by atoms with Crippen molar-refractivity contribution in [3.8, 4) is 0 Å². The number of carboxylic acids is 1. The van der Waals surface area contributed by atoms with Gasteiger partial charge in [0.15, 0.2) is 0 Å². The number of likely N-dealkylation sites (tertiary alicyclic amines) is 1. The molecule has 166 valence electrons. The fourth-order valence-corrected chi connectivity index (χ4v) is 4.01. The van der Waals surface area contributed by atoms with Gasteiger partial charge in [0.1, 0.15) is 18.1 Å². The highest BCUT2D eigenvalue weighted by Gasteiger charge is 2.37. The van der Waals surface area contributed by atoms with Crippen LogP contribution in [-0.4, -0.2) is 88.4 Å². The first-order chi connectivity index (χ1) is 13.7. The maximum atomic E-state index is 12.7. The molecule has 1 rings (SSSR count). The van der Waals surface area contributed by atoms with E-state index < -0.39 is 42.0 Å². The number of aliphatic carboxylic acids is 1. The molecule has 1 saturated heterocycles. The number of carbonyl (C=O) groups excluding carboxylic acids is 3. The molecule has 0 bridgehead atoms. The maximum Gasteiger partial charge on any atom is 0.326 e. The van der Waals surface area contributed by atoms with Crippen molar-refractivity contribution in [1.29, 1.82) is 0 Å². The Kier molecular flexibility index (Phi) is 11.4. The van der Waals surface area contributed by atoms with E-state index in [9.17, 15) is 24.3 Å². The summed E-state index contributed by atoms with van der Waals surface area (Å²) < 4.78 is 0. The molecule has 5 N–H and O–H groups in total. The van der Waals surface area contributed by atoms with Crippen LogP contribution in [0.3, 0.4) is 0 Å². The van der Waals surface area contributed by atoms with Crippen LogP contribution in [0.2, 0.25) is 0 Å². The molecule has 1 heterocycles. The first kappa shape index (κ1) is 25.6. The van der Waals surface area contributed by atoms with E-state index >= 15 is 0 Å². The van der Waals surface area contributed by atoms with Crippen molar-refractivity contribution in [2.75, 3.05) is 30.6 Å². The first-order valence-corrected chi connectivity index (χ1v) is 12.4. The van der Waals surface area contributed by atoms with Gasteiger partial charge in [-0.05, 0) is 56.6 Å². The van der Waals surface area contributed by atoms with Gasteiger partial charge in [-0.3, -0.25) is 14.4 Å². The molecule has 11 heteroatoms. The number of carboxylic acid groups (broad SMARTS) is 1. The second kappa shape index (κ2) is 13.0. The zero-order valence-electron chi connectivity index (χ0n) is 17.2. The molecule has 0 saturated carbocycles. The number of rotatable bonds is 12. The average Bonchev–Trinajstić information content (AvgIpc) is 3.17. The third-order valence-electron chi connectivity index (χ3n) is 4.77. The summed E-state index contributed by atoms with van der Waals surface area (Å²) in [5.74, 6) is -1.01. The molecular formula is C18H32N4O5S2. The highest BCUT2D eigenvalue weighted by Crippen LogP contribution is 2.19. The monoisotopic (exact) mass is 448 g/mol. The molecule has 29 heavy (non-hydrogen) atoms. The Morgan fingerprint density at radius 1 is 1.14 bits per heavy atom. The summed E-state index contributed by atoms with van der Waals surface area (Å²) in [6.07, 6.45) is 5.82. The van der Waals surface area contributed by atoms with Gasteiger partial charge in [-0.2, -0.15) is 23.5 Å². The largest absolute Gasteiger partial charge is 0.480 e. The van der Waals surface area contributed by atoms with Crippen molar-refractivity contribution in [3.63, 3.8) is 0 Å². The zero-order valence-corrected chi connectivity index (χ0v) is 18.8. The molecule has 0 aromatic heterocycles. The standard InChI is InChI=1S/C18H32N4O5S2/c1-11(15(23)21-13(18(26)27)7-10-29-3)20-16(24)14-5-4-8-22(14)17(25)12(19)6-9-28-2/h11-14H,4-10,19H2,1-3H3,(H,20,24)(H,21,23)(H,26,27). The van der Waals surface area contributed by atoms with Crippen LogP contribution in [0.15, 0.2) is 0 Å². The SMILES string of the molecule is CSCCC(N)C(=O)N1CCCC1C(=O)NC(C)C(=O)NC(CCSC)C(=O)O. The summed E-state index contributed by atoms with van der Waals surface area (Å²) in [6, 6.07) is -3.23. The normalized spacial score (nSPS) is 19.3. The van der Waals surface area contributed by atoms with Crippen molar-refractivity contribution >= 4 is 47.2 Å². The Morgan fingerprint density at radius 2 is 1.76 bits per heavy atom. The van der Waals surface area contributed by atoms with Crippen LogP contribution in [0.25, 0.3) is 0 Å². The fourth-order valence-electron chi connectivity index (χ4n) is 3.05. The summed E-state index contributed by atoms with van der Waals surface area (Å²) in [5.41, 5.74) is 5.96. The van der Waals surface area contributed by atoms with Crippen LogP contribution in [0.5, 0.6) is 0 Å². The molecule has 4 unspecified atom stereocenters. The zero-order chi connectivity index (χ0) is 22.0. The molecule has 1 fully saturated rings. The minimum Gasteiger partial charge on any atom is -0.480 e. The van der Waals surface area contributed by atoms with Gasteiger partial charge in [-0.15, -0.1) is 0 Å². The second-order valence-electron chi connectivity index (χ2n) is 6.99. The van der Waals surface area contributed by atoms with Crippen LogP contribution in [0, 0.1) is 0 Å². The lowest BCUT2D eigenvalue weighted by atomic mass is 10.1. The molecule has 0 aromatic rings. The highest BCUT2D eigenvalue weighted by atomic mass is 32.2. The quantitative estimate of drug-likeness (QED) is 0.324. The Labute approximate surface area is 180 Å². The number of carbonyl (C=O) groups is 4. The van der Waals surface area contributed by atoms with Gasteiger partial charge in [-0.25, -0.2) is 4.79 Å². The molecule has 0 spiro atoms. The average molecular weight is 449 g/mol. The van der Waals surface area contributed by atoms with Crippen LogP contribution in [0.1, 0.15) is 32.6 Å². The van der Waals surface area contributed by atoms with Crippen LogP contribution >= 0.6 is 23.5 Å². The van der Waals surface area contributed by atoms with E-state index in [1.54, 1.807) is 11.8 Å². The molecular weight excluding hydrogens is 416 g/mol. The van der Waals surface area contributed by atoms with E-state index in [-0.39, 0.29) is 5.91 Å². The number of nitrogens with zero attached hydrogens (tertiary/aromatic N) is 1. The lowest BCUT2D eigenvalue weighted by Gasteiger charge is -2.27. The van der Waals surface area contributed by atoms with Crippen molar-refractivity contribution in [1.82, 2.24) is 15.5 Å². The van der Waals surface area contributed by atoms with Crippen molar-refractivity contribution in [2.24, 2.45) is 5.73 Å². The molecule has 1 aliphatic rings. The molecule has 9 nitrogen and oxygen atoms in total. The fraction of sp³-hybridized carbons (Fsp3) is 0.778. The van der Waals surface area contributed by atoms with E-state index in [4.69, 9.17) is 5.73 Å². The predicted octanol–water partition coefficient (Wildman–Crippen LogP) is -0.115. The minimum atomic E-state index is -1.11. The van der Waals surface area contributed by atoms with Crippen LogP contribution in [-0.2, 0) is 19.2 Å². The summed E-state index contributed by atoms with van der Waals surface area (Å²) in [4.78, 5) is 50.3. The van der Waals surface area contributed by atoms with E-state index in [1.165, 1.54) is 23.6 Å². The Balaban J connectivity index is 2.64. The van der Waals surface area contributed by atoms with E-state index in [0.717, 1.165) is 5.75 Å². The number of amides is 3. The smallest absolute Gasteiger partial charge is 0.326 e. The van der Waals surface area contributed by atoms with E-state index in [2.05, 4.69) is 10.6 Å². The number of hydrogen-bond acceptors (Lipinski definition) is 7. The predicted molar refractivity (Wildman–Crippen MR) is 116 cm³/mol. The Hall–Kier alpha value is -1.46. The summed E-state index contributed by atoms with van der Waals surface area (Å²) in [6.45, 7) is 1.95. The Bertz CT molecular complexity index is 593. The minimum absolute atomic E-state index is 0.253. The van der Waals surface area contributed by atoms with Gasteiger partial charge in [0.25, 0.3) is 0 Å². The number of nitrogens with one attached hydrogen (secondary N) is 2. The number of nitrogens with two attached hydrogens (primary N) is 1. The second-order valence-corrected chi connectivity index (χ2v) is 8.96. The molecule has 3 amide bonds. The van der Waals surface area contributed by atoms with Crippen LogP contribution in [0.4, 0.5) is 0 Å². The van der Waals surface area contributed by atoms with Crippen LogP contribution < -0.4 is 16.4 Å². The Morgan fingerprint density at radius 3 is 2.34 bits per heavy atom. The van der Waals surface area contributed by atoms with Gasteiger partial charge in [0.05, 0.1) is 6.04 Å². The van der Waals surface area contributed by atoms with Crippen molar-refractivity contribution < 1.29 is 24.3 Å². The van der Waals surface area contributed by atoms with Gasteiger partial charge >= 0.3 is 5.97 Å². The van der Waals surface area contributed by atoms with Crippen molar-refractivity contribution in [3.05, 3.63) is 0 Å². The topological polar surface area (TPSA) is 142 Å². The molecule has 0 radical (unpaired) electrons. The molecule has 1 aliphatic heterocycles. The van der Waals surface area contributed by atoms with Gasteiger partial charge in [0, 0.05) is 6.54 Å². The number of thioether (sulfide) groups is 2. The molecule has 0 aliphatic carbocycles. The maximum absolute atomic E-state index is 12.7. The van der Waals surface area contributed by atoms with E-state index in [0.29, 0.717) is 38.0 Å². The lowest BCUT2D eigenvalue weighted by molar-refractivity contribution is -0.143. The van der Waals surface area contributed by atoms with Gasteiger partial charge < -0.3 is 26.4 Å². The number of hydrogen-bond donors (Lipinski definition) is 4. The van der Waals surface area contributed by atoms with E-state index in [1.807, 2.05) is 12.5 Å². The summed E-state index contributed by atoms with van der Waals surface area (Å²) in [7, 11) is 0. The summed E-state index contributed by atoms with van der Waals surface area (Å²) in [5, 5.41) is 14.3. The third kappa shape index (κ3) is 8.06.